The SMILES string of the molecule is CN(Cc1ccc(C(=O)O)cc1)C(=O)[C@@H]1C[C@@H]1c1ccc2c(c1)OCCO2. The minimum atomic E-state index is -0.953. The van der Waals surface area contributed by atoms with E-state index in [2.05, 4.69) is 0 Å². The predicted octanol–water partition coefficient (Wildman–Crippen LogP) is 2.92. The lowest BCUT2D eigenvalue weighted by molar-refractivity contribution is -0.131. The Bertz CT molecular complexity index is 877. The van der Waals surface area contributed by atoms with E-state index in [1.54, 1.807) is 36.2 Å². The molecule has 0 unspecified atom stereocenters. The third-order valence-corrected chi connectivity index (χ3v) is 5.10. The number of nitrogens with zero attached hydrogens (tertiary/aromatic N) is 1. The fraction of sp³-hybridized carbons (Fsp3) is 0.333. The fourth-order valence-corrected chi connectivity index (χ4v) is 3.51. The van der Waals surface area contributed by atoms with Crippen LogP contribution in [0, 0.1) is 5.92 Å². The Morgan fingerprint density at radius 1 is 1.07 bits per heavy atom. The van der Waals surface area contributed by atoms with E-state index in [-0.39, 0.29) is 23.3 Å². The number of amides is 1. The fourth-order valence-electron chi connectivity index (χ4n) is 3.51. The Morgan fingerprint density at radius 2 is 1.78 bits per heavy atom. The van der Waals surface area contributed by atoms with Gasteiger partial charge in [-0.15, -0.1) is 0 Å². The molecule has 6 nitrogen and oxygen atoms in total. The predicted molar refractivity (Wildman–Crippen MR) is 98.2 cm³/mol. The van der Waals surface area contributed by atoms with E-state index in [1.165, 1.54) is 0 Å². The minimum absolute atomic E-state index is 0.0177. The quantitative estimate of drug-likeness (QED) is 0.879. The topological polar surface area (TPSA) is 76.1 Å². The van der Waals surface area contributed by atoms with Crippen LogP contribution in [0.2, 0.25) is 0 Å². The van der Waals surface area contributed by atoms with E-state index in [9.17, 15) is 9.59 Å². The van der Waals surface area contributed by atoms with Crippen molar-refractivity contribution in [2.24, 2.45) is 5.92 Å². The van der Waals surface area contributed by atoms with Crippen LogP contribution in [0.4, 0.5) is 0 Å². The Balaban J connectivity index is 1.38. The van der Waals surface area contributed by atoms with Gasteiger partial charge in [0.05, 0.1) is 5.56 Å². The molecule has 1 heterocycles. The molecule has 0 saturated heterocycles. The zero-order chi connectivity index (χ0) is 19.0. The first-order valence-corrected chi connectivity index (χ1v) is 8.99. The second-order valence-corrected chi connectivity index (χ2v) is 7.05. The molecule has 2 aliphatic rings. The van der Waals surface area contributed by atoms with E-state index in [0.717, 1.165) is 29.0 Å². The molecule has 1 amide bonds. The number of ether oxygens (including phenoxy) is 2. The molecule has 140 valence electrons. The lowest BCUT2D eigenvalue weighted by atomic mass is 10.1. The summed E-state index contributed by atoms with van der Waals surface area (Å²) < 4.78 is 11.2. The van der Waals surface area contributed by atoms with Crippen molar-refractivity contribution in [3.63, 3.8) is 0 Å². The molecule has 1 aliphatic heterocycles. The van der Waals surface area contributed by atoms with Crippen molar-refractivity contribution < 1.29 is 24.2 Å². The van der Waals surface area contributed by atoms with E-state index in [4.69, 9.17) is 14.6 Å². The first-order chi connectivity index (χ1) is 13.0. The van der Waals surface area contributed by atoms with Gasteiger partial charge in [-0.05, 0) is 47.7 Å². The van der Waals surface area contributed by atoms with Crippen LogP contribution in [-0.4, -0.2) is 42.1 Å². The summed E-state index contributed by atoms with van der Waals surface area (Å²) in [5.41, 5.74) is 2.26. The maximum atomic E-state index is 12.7. The molecule has 2 aromatic rings. The molecule has 1 N–H and O–H groups in total. The van der Waals surface area contributed by atoms with Crippen molar-refractivity contribution in [1.82, 2.24) is 4.90 Å². The highest BCUT2D eigenvalue weighted by Gasteiger charge is 2.45. The zero-order valence-electron chi connectivity index (χ0n) is 15.1. The highest BCUT2D eigenvalue weighted by Crippen LogP contribution is 2.50. The van der Waals surface area contributed by atoms with Crippen molar-refractivity contribution in [1.29, 1.82) is 0 Å². The number of aromatic carboxylic acids is 1. The molecule has 4 rings (SSSR count). The summed E-state index contributed by atoms with van der Waals surface area (Å²) in [6.45, 7) is 1.57. The highest BCUT2D eigenvalue weighted by molar-refractivity contribution is 5.87. The van der Waals surface area contributed by atoms with E-state index in [1.807, 2.05) is 18.2 Å². The Labute approximate surface area is 157 Å². The van der Waals surface area contributed by atoms with Gasteiger partial charge in [-0.1, -0.05) is 18.2 Å². The molecule has 0 aromatic heterocycles. The summed E-state index contributed by atoms with van der Waals surface area (Å²) in [5, 5.41) is 8.96. The number of benzene rings is 2. The van der Waals surface area contributed by atoms with Crippen molar-refractivity contribution in [2.45, 2.75) is 18.9 Å². The van der Waals surface area contributed by atoms with E-state index < -0.39 is 5.97 Å². The minimum Gasteiger partial charge on any atom is -0.486 e. The van der Waals surface area contributed by atoms with E-state index >= 15 is 0 Å². The maximum Gasteiger partial charge on any atom is 0.335 e. The molecule has 0 spiro atoms. The van der Waals surface area contributed by atoms with Gasteiger partial charge in [0.2, 0.25) is 5.91 Å². The van der Waals surface area contributed by atoms with Crippen LogP contribution in [0.3, 0.4) is 0 Å². The molecule has 2 atom stereocenters. The number of carboxylic acids is 1. The smallest absolute Gasteiger partial charge is 0.335 e. The highest BCUT2D eigenvalue weighted by atomic mass is 16.6. The number of hydrogen-bond donors (Lipinski definition) is 1. The van der Waals surface area contributed by atoms with Gasteiger partial charge in [0.1, 0.15) is 13.2 Å². The van der Waals surface area contributed by atoms with Crippen LogP contribution in [0.15, 0.2) is 42.5 Å². The van der Waals surface area contributed by atoms with Crippen molar-refractivity contribution in [3.8, 4) is 11.5 Å². The zero-order valence-corrected chi connectivity index (χ0v) is 15.1. The number of hydrogen-bond acceptors (Lipinski definition) is 4. The Kier molecular flexibility index (Phi) is 4.48. The summed E-state index contributed by atoms with van der Waals surface area (Å²) in [7, 11) is 1.78. The largest absolute Gasteiger partial charge is 0.486 e. The Hall–Kier alpha value is -3.02. The van der Waals surface area contributed by atoms with Gasteiger partial charge in [0.25, 0.3) is 0 Å². The number of carbonyl (C=O) groups is 2. The molecule has 1 aliphatic carbocycles. The number of fused-ring (bicyclic) bond motifs is 1. The first kappa shape index (κ1) is 17.4. The molecule has 0 radical (unpaired) electrons. The standard InChI is InChI=1S/C21H21NO5/c1-22(12-13-2-4-14(5-3-13)21(24)25)20(23)17-11-16(17)15-6-7-18-19(10-15)27-9-8-26-18/h2-7,10,16-17H,8-9,11-12H2,1H3,(H,24,25)/t16-,17-/m1/s1. The second-order valence-electron chi connectivity index (χ2n) is 7.05. The van der Waals surface area contributed by atoms with Gasteiger partial charge in [0.15, 0.2) is 11.5 Å². The van der Waals surface area contributed by atoms with Crippen LogP contribution in [0.25, 0.3) is 0 Å². The maximum absolute atomic E-state index is 12.7. The van der Waals surface area contributed by atoms with Crippen LogP contribution in [0.5, 0.6) is 11.5 Å². The van der Waals surface area contributed by atoms with Gasteiger partial charge in [-0.2, -0.15) is 0 Å². The van der Waals surface area contributed by atoms with Crippen molar-refractivity contribution in [2.75, 3.05) is 20.3 Å². The molecular weight excluding hydrogens is 346 g/mol. The van der Waals surface area contributed by atoms with Gasteiger partial charge in [-0.3, -0.25) is 4.79 Å². The summed E-state index contributed by atoms with van der Waals surface area (Å²) in [6, 6.07) is 12.5. The molecule has 27 heavy (non-hydrogen) atoms. The molecule has 1 fully saturated rings. The van der Waals surface area contributed by atoms with Crippen molar-refractivity contribution >= 4 is 11.9 Å². The summed E-state index contributed by atoms with van der Waals surface area (Å²) in [4.78, 5) is 25.4. The number of carboxylic acid groups (broad SMARTS) is 1. The average Bonchev–Trinajstić information content (AvgIpc) is 3.48. The monoisotopic (exact) mass is 367 g/mol. The van der Waals surface area contributed by atoms with Crippen LogP contribution in [-0.2, 0) is 11.3 Å². The average molecular weight is 367 g/mol. The van der Waals surface area contributed by atoms with Crippen LogP contribution < -0.4 is 9.47 Å². The summed E-state index contributed by atoms with van der Waals surface area (Å²) >= 11 is 0. The summed E-state index contributed by atoms with van der Waals surface area (Å²) in [6.07, 6.45) is 0.834. The molecule has 2 aromatic carbocycles. The number of rotatable bonds is 5. The Morgan fingerprint density at radius 3 is 2.48 bits per heavy atom. The number of carbonyl (C=O) groups excluding carboxylic acids is 1. The lowest BCUT2D eigenvalue weighted by Gasteiger charge is -2.19. The first-order valence-electron chi connectivity index (χ1n) is 8.99. The van der Waals surface area contributed by atoms with Gasteiger partial charge < -0.3 is 19.5 Å². The van der Waals surface area contributed by atoms with Crippen LogP contribution >= 0.6 is 0 Å². The molecule has 6 heteroatoms. The second kappa shape index (κ2) is 6.95. The van der Waals surface area contributed by atoms with Crippen molar-refractivity contribution in [3.05, 3.63) is 59.2 Å². The lowest BCUT2D eigenvalue weighted by Crippen LogP contribution is -2.28. The van der Waals surface area contributed by atoms with Gasteiger partial charge >= 0.3 is 5.97 Å². The molecular formula is C21H21NO5. The molecule has 0 bridgehead atoms. The third kappa shape index (κ3) is 3.60. The third-order valence-electron chi connectivity index (χ3n) is 5.10. The van der Waals surface area contributed by atoms with Crippen LogP contribution in [0.1, 0.15) is 33.8 Å². The van der Waals surface area contributed by atoms with E-state index in [0.29, 0.717) is 19.8 Å². The molecule has 1 saturated carbocycles. The van der Waals surface area contributed by atoms with Gasteiger partial charge in [0, 0.05) is 19.5 Å². The summed E-state index contributed by atoms with van der Waals surface area (Å²) in [5.74, 6) is 0.864. The van der Waals surface area contributed by atoms with Gasteiger partial charge in [-0.25, -0.2) is 4.79 Å². The normalized spacial score (nSPS) is 20.0.